The van der Waals surface area contributed by atoms with E-state index in [1.165, 1.54) is 23.5 Å². The Morgan fingerprint density at radius 1 is 1.21 bits per heavy atom. The Balaban J connectivity index is 1.56. The molecule has 2 aromatic carbocycles. The Morgan fingerprint density at radius 2 is 2.00 bits per heavy atom. The van der Waals surface area contributed by atoms with E-state index in [2.05, 4.69) is 5.32 Å². The molecule has 1 aliphatic heterocycles. The molecule has 1 atom stereocenters. The van der Waals surface area contributed by atoms with Crippen molar-refractivity contribution < 1.29 is 22.7 Å². The minimum absolute atomic E-state index is 0.108. The van der Waals surface area contributed by atoms with Crippen LogP contribution in [0.5, 0.6) is 0 Å². The van der Waals surface area contributed by atoms with Crippen LogP contribution in [0.1, 0.15) is 19.3 Å². The number of sulfonamides is 1. The monoisotopic (exact) mass is 418 g/mol. The summed E-state index contributed by atoms with van der Waals surface area (Å²) in [6, 6.07) is 15.1. The van der Waals surface area contributed by atoms with Gasteiger partial charge in [0, 0.05) is 19.3 Å². The summed E-state index contributed by atoms with van der Waals surface area (Å²) in [5.74, 6) is -0.233. The number of hydrogen-bond donors (Lipinski definition) is 1. The zero-order valence-corrected chi connectivity index (χ0v) is 17.2. The van der Waals surface area contributed by atoms with Crippen LogP contribution >= 0.6 is 0 Å². The van der Waals surface area contributed by atoms with Gasteiger partial charge in [0.05, 0.1) is 36.3 Å². The number of amides is 1. The molecule has 1 amide bonds. The average Bonchev–Trinajstić information content (AvgIpc) is 3.25. The molecule has 0 radical (unpaired) electrons. The second-order valence-corrected chi connectivity index (χ2v) is 8.81. The smallest absolute Gasteiger partial charge is 0.264 e. The maximum atomic E-state index is 12.9. The van der Waals surface area contributed by atoms with Crippen LogP contribution in [0.3, 0.4) is 0 Å². The lowest BCUT2D eigenvalue weighted by Crippen LogP contribution is -2.26. The SMILES string of the molecule is CN(c1ccccc1)S(=O)(=O)c1cccc(NC(=O)CCOCC2CCCO2)c1. The number of ether oxygens (including phenoxy) is 2. The van der Waals surface area contributed by atoms with E-state index in [0.29, 0.717) is 24.6 Å². The molecule has 1 aliphatic rings. The minimum Gasteiger partial charge on any atom is -0.378 e. The van der Waals surface area contributed by atoms with E-state index in [1.54, 1.807) is 36.4 Å². The Bertz CT molecular complexity index is 912. The molecule has 1 N–H and O–H groups in total. The van der Waals surface area contributed by atoms with Gasteiger partial charge in [-0.05, 0) is 43.2 Å². The van der Waals surface area contributed by atoms with E-state index in [0.717, 1.165) is 19.4 Å². The van der Waals surface area contributed by atoms with Crippen LogP contribution in [0.4, 0.5) is 11.4 Å². The molecule has 29 heavy (non-hydrogen) atoms. The minimum atomic E-state index is -3.74. The summed E-state index contributed by atoms with van der Waals surface area (Å²) >= 11 is 0. The van der Waals surface area contributed by atoms with Crippen molar-refractivity contribution in [2.45, 2.75) is 30.3 Å². The van der Waals surface area contributed by atoms with Crippen molar-refractivity contribution in [2.24, 2.45) is 0 Å². The third kappa shape index (κ3) is 5.79. The fourth-order valence-corrected chi connectivity index (χ4v) is 4.29. The first kappa shape index (κ1) is 21.3. The van der Waals surface area contributed by atoms with E-state index < -0.39 is 10.0 Å². The van der Waals surface area contributed by atoms with Gasteiger partial charge in [-0.2, -0.15) is 0 Å². The first-order valence-electron chi connectivity index (χ1n) is 9.60. The number of para-hydroxylation sites is 1. The fourth-order valence-electron chi connectivity index (χ4n) is 3.05. The van der Waals surface area contributed by atoms with Crippen LogP contribution in [0.15, 0.2) is 59.5 Å². The van der Waals surface area contributed by atoms with Gasteiger partial charge in [0.15, 0.2) is 0 Å². The quantitative estimate of drug-likeness (QED) is 0.633. The predicted molar refractivity (Wildman–Crippen MR) is 112 cm³/mol. The van der Waals surface area contributed by atoms with Crippen molar-refractivity contribution in [2.75, 3.05) is 36.5 Å². The maximum Gasteiger partial charge on any atom is 0.264 e. The van der Waals surface area contributed by atoms with Gasteiger partial charge in [-0.1, -0.05) is 24.3 Å². The predicted octanol–water partition coefficient (Wildman–Crippen LogP) is 3.04. The van der Waals surface area contributed by atoms with Crippen LogP contribution in [0.2, 0.25) is 0 Å². The van der Waals surface area contributed by atoms with Crippen LogP contribution in [0, 0.1) is 0 Å². The topological polar surface area (TPSA) is 84.9 Å². The van der Waals surface area contributed by atoms with Crippen LogP contribution < -0.4 is 9.62 Å². The van der Waals surface area contributed by atoms with Gasteiger partial charge in [-0.25, -0.2) is 8.42 Å². The molecule has 0 aliphatic carbocycles. The number of nitrogens with one attached hydrogen (secondary N) is 1. The van der Waals surface area contributed by atoms with Crippen LogP contribution in [-0.2, 0) is 24.3 Å². The Morgan fingerprint density at radius 3 is 2.72 bits per heavy atom. The molecule has 0 spiro atoms. The van der Waals surface area contributed by atoms with Crippen molar-refractivity contribution in [1.82, 2.24) is 0 Å². The van der Waals surface area contributed by atoms with Crippen molar-refractivity contribution >= 4 is 27.3 Å². The van der Waals surface area contributed by atoms with Crippen molar-refractivity contribution in [3.05, 3.63) is 54.6 Å². The summed E-state index contributed by atoms with van der Waals surface area (Å²) in [4.78, 5) is 12.3. The molecular weight excluding hydrogens is 392 g/mol. The van der Waals surface area contributed by atoms with Gasteiger partial charge < -0.3 is 14.8 Å². The standard InChI is InChI=1S/C21H26N2O5S/c1-23(18-8-3-2-4-9-18)29(25,26)20-11-5-7-17(15-20)22-21(24)12-14-27-16-19-10-6-13-28-19/h2-5,7-9,11,15,19H,6,10,12-14,16H2,1H3,(H,22,24). The summed E-state index contributed by atoms with van der Waals surface area (Å²) in [7, 11) is -2.24. The van der Waals surface area contributed by atoms with Gasteiger partial charge >= 0.3 is 0 Å². The van der Waals surface area contributed by atoms with E-state index >= 15 is 0 Å². The number of carbonyl (C=O) groups excluding carboxylic acids is 1. The summed E-state index contributed by atoms with van der Waals surface area (Å²) in [5, 5.41) is 2.73. The fraction of sp³-hybridized carbons (Fsp3) is 0.381. The van der Waals surface area contributed by atoms with Crippen molar-refractivity contribution in [3.8, 4) is 0 Å². The molecule has 3 rings (SSSR count). The maximum absolute atomic E-state index is 12.9. The molecule has 0 saturated carbocycles. The highest BCUT2D eigenvalue weighted by atomic mass is 32.2. The molecule has 156 valence electrons. The highest BCUT2D eigenvalue weighted by Crippen LogP contribution is 2.23. The van der Waals surface area contributed by atoms with E-state index in [-0.39, 0.29) is 23.3 Å². The zero-order chi connectivity index (χ0) is 20.7. The number of rotatable bonds is 9. The molecule has 7 nitrogen and oxygen atoms in total. The van der Waals surface area contributed by atoms with Crippen LogP contribution in [0.25, 0.3) is 0 Å². The summed E-state index contributed by atoms with van der Waals surface area (Å²) in [5.41, 5.74) is 0.988. The first-order chi connectivity index (χ1) is 14.0. The number of anilines is 2. The van der Waals surface area contributed by atoms with Gasteiger partial charge in [0.25, 0.3) is 10.0 Å². The average molecular weight is 419 g/mol. The third-order valence-electron chi connectivity index (χ3n) is 4.70. The normalized spacial score (nSPS) is 16.5. The first-order valence-corrected chi connectivity index (χ1v) is 11.0. The number of hydrogen-bond acceptors (Lipinski definition) is 5. The Kier molecular flexibility index (Phi) is 7.24. The molecule has 1 saturated heterocycles. The second kappa shape index (κ2) is 9.87. The van der Waals surface area contributed by atoms with Gasteiger partial charge in [0.2, 0.25) is 5.91 Å². The van der Waals surface area contributed by atoms with Crippen molar-refractivity contribution in [3.63, 3.8) is 0 Å². The lowest BCUT2D eigenvalue weighted by molar-refractivity contribution is -0.117. The number of carbonyl (C=O) groups is 1. The lowest BCUT2D eigenvalue weighted by atomic mass is 10.2. The van der Waals surface area contributed by atoms with Crippen molar-refractivity contribution in [1.29, 1.82) is 0 Å². The molecule has 1 unspecified atom stereocenters. The second-order valence-electron chi connectivity index (χ2n) is 6.84. The third-order valence-corrected chi connectivity index (χ3v) is 6.48. The van der Waals surface area contributed by atoms with Gasteiger partial charge in [-0.15, -0.1) is 0 Å². The van der Waals surface area contributed by atoms with Gasteiger partial charge in [-0.3, -0.25) is 9.10 Å². The highest BCUT2D eigenvalue weighted by Gasteiger charge is 2.21. The molecule has 0 aromatic heterocycles. The Labute approximate surface area is 171 Å². The Hall–Kier alpha value is -2.42. The molecular formula is C21H26N2O5S. The van der Waals surface area contributed by atoms with E-state index in [1.807, 2.05) is 6.07 Å². The molecule has 1 heterocycles. The summed E-state index contributed by atoms with van der Waals surface area (Å²) < 4.78 is 38.0. The molecule has 2 aromatic rings. The zero-order valence-electron chi connectivity index (χ0n) is 16.4. The molecule has 8 heteroatoms. The van der Waals surface area contributed by atoms with Gasteiger partial charge in [0.1, 0.15) is 0 Å². The summed E-state index contributed by atoms with van der Waals surface area (Å²) in [6.45, 7) is 1.56. The molecule has 0 bridgehead atoms. The van der Waals surface area contributed by atoms with E-state index in [4.69, 9.17) is 9.47 Å². The largest absolute Gasteiger partial charge is 0.378 e. The number of benzene rings is 2. The van der Waals surface area contributed by atoms with E-state index in [9.17, 15) is 13.2 Å². The molecule has 1 fully saturated rings. The lowest BCUT2D eigenvalue weighted by Gasteiger charge is -2.20. The number of nitrogens with zero attached hydrogens (tertiary/aromatic N) is 1. The van der Waals surface area contributed by atoms with Crippen LogP contribution in [-0.4, -0.2) is 47.3 Å². The highest BCUT2D eigenvalue weighted by molar-refractivity contribution is 7.92. The summed E-state index contributed by atoms with van der Waals surface area (Å²) in [6.07, 6.45) is 2.35.